The highest BCUT2D eigenvalue weighted by molar-refractivity contribution is 9.10. The molecule has 0 aromatic heterocycles. The molecule has 4 rings (SSSR count). The number of hydrogen-bond acceptors (Lipinski definition) is 4. The summed E-state index contributed by atoms with van der Waals surface area (Å²) in [5.74, 6) is 0.461. The van der Waals surface area contributed by atoms with Crippen LogP contribution in [-0.4, -0.2) is 16.0 Å². The van der Waals surface area contributed by atoms with E-state index in [1.807, 2.05) is 72.8 Å². The number of carbonyl (C=O) groups excluding carboxylic acids is 2. The number of nitrogens with zero attached hydrogens (tertiary/aromatic N) is 1. The molecular weight excluding hydrogens is 542 g/mol. The van der Waals surface area contributed by atoms with Crippen LogP contribution in [0.15, 0.2) is 86.6 Å². The molecule has 3 aromatic carbocycles. The number of amides is 2. The molecule has 0 N–H and O–H groups in total. The fourth-order valence-electron chi connectivity index (χ4n) is 2.99. The predicted molar refractivity (Wildman–Crippen MR) is 131 cm³/mol. The Bertz CT molecular complexity index is 1140. The Hall–Kier alpha value is -2.35. The Kier molecular flexibility index (Phi) is 6.95. The molecule has 1 saturated heterocycles. The molecule has 0 spiro atoms. The van der Waals surface area contributed by atoms with Crippen molar-refractivity contribution in [1.82, 2.24) is 4.90 Å². The van der Waals surface area contributed by atoms with E-state index in [1.165, 1.54) is 4.90 Å². The number of thioether (sulfide) groups is 1. The first-order valence-electron chi connectivity index (χ1n) is 9.46. The second kappa shape index (κ2) is 9.85. The first-order chi connectivity index (χ1) is 15.0. The van der Waals surface area contributed by atoms with E-state index in [0.717, 1.165) is 43.1 Å². The van der Waals surface area contributed by atoms with Gasteiger partial charge >= 0.3 is 0 Å². The third-order valence-corrected chi connectivity index (χ3v) is 6.87. The van der Waals surface area contributed by atoms with Crippen LogP contribution in [-0.2, 0) is 17.9 Å². The number of benzene rings is 3. The number of hydrogen-bond donors (Lipinski definition) is 0. The van der Waals surface area contributed by atoms with E-state index >= 15 is 0 Å². The summed E-state index contributed by atoms with van der Waals surface area (Å²) in [5, 5.41) is -0.263. The van der Waals surface area contributed by atoms with Gasteiger partial charge in [0.15, 0.2) is 0 Å². The Balaban J connectivity index is 1.41. The largest absolute Gasteiger partial charge is 0.489 e. The molecule has 1 aliphatic rings. The minimum absolute atomic E-state index is 0.242. The van der Waals surface area contributed by atoms with Crippen LogP contribution in [0.4, 0.5) is 4.79 Å². The number of halogens is 2. The van der Waals surface area contributed by atoms with Crippen LogP contribution in [0.3, 0.4) is 0 Å². The summed E-state index contributed by atoms with van der Waals surface area (Å²) in [5.41, 5.74) is 2.80. The van der Waals surface area contributed by atoms with E-state index < -0.39 is 0 Å². The summed E-state index contributed by atoms with van der Waals surface area (Å²) in [6.07, 6.45) is 1.74. The SMILES string of the molecule is O=C1S/C(=C\c2ccc(OCc3ccc(Br)cc3)cc2)C(=O)N1Cc1ccccc1Br. The monoisotopic (exact) mass is 557 g/mol. The maximum atomic E-state index is 12.8. The Labute approximate surface area is 201 Å². The first-order valence-corrected chi connectivity index (χ1v) is 11.9. The Morgan fingerprint density at radius 3 is 2.32 bits per heavy atom. The van der Waals surface area contributed by atoms with Gasteiger partial charge in [0.05, 0.1) is 11.4 Å². The highest BCUT2D eigenvalue weighted by Gasteiger charge is 2.35. The van der Waals surface area contributed by atoms with Gasteiger partial charge in [-0.05, 0) is 64.9 Å². The van der Waals surface area contributed by atoms with Crippen molar-refractivity contribution in [2.75, 3.05) is 0 Å². The molecule has 1 aliphatic heterocycles. The lowest BCUT2D eigenvalue weighted by molar-refractivity contribution is -0.123. The summed E-state index contributed by atoms with van der Waals surface area (Å²) in [6, 6.07) is 23.0. The van der Waals surface area contributed by atoms with E-state index in [9.17, 15) is 9.59 Å². The molecule has 7 heteroatoms. The number of imide groups is 1. The second-order valence-corrected chi connectivity index (χ2v) is 9.61. The van der Waals surface area contributed by atoms with Crippen molar-refractivity contribution < 1.29 is 14.3 Å². The van der Waals surface area contributed by atoms with Gasteiger partial charge in [0.2, 0.25) is 0 Å². The fraction of sp³-hybridized carbons (Fsp3) is 0.0833. The molecule has 1 fully saturated rings. The Morgan fingerprint density at radius 2 is 1.61 bits per heavy atom. The van der Waals surface area contributed by atoms with E-state index in [2.05, 4.69) is 31.9 Å². The van der Waals surface area contributed by atoms with Crippen LogP contribution in [0.2, 0.25) is 0 Å². The van der Waals surface area contributed by atoms with Gasteiger partial charge in [0, 0.05) is 8.95 Å². The van der Waals surface area contributed by atoms with Crippen molar-refractivity contribution >= 4 is 60.8 Å². The molecule has 156 valence electrons. The highest BCUT2D eigenvalue weighted by atomic mass is 79.9. The lowest BCUT2D eigenvalue weighted by Gasteiger charge is -2.13. The summed E-state index contributed by atoms with van der Waals surface area (Å²) in [7, 11) is 0. The van der Waals surface area contributed by atoms with Crippen LogP contribution in [0.5, 0.6) is 5.75 Å². The maximum Gasteiger partial charge on any atom is 0.293 e. The second-order valence-electron chi connectivity index (χ2n) is 6.84. The average Bonchev–Trinajstić information content (AvgIpc) is 3.03. The highest BCUT2D eigenvalue weighted by Crippen LogP contribution is 2.34. The van der Waals surface area contributed by atoms with Crippen molar-refractivity contribution in [3.05, 3.63) is 103 Å². The molecule has 0 aliphatic carbocycles. The summed E-state index contributed by atoms with van der Waals surface area (Å²) >= 11 is 7.85. The number of ether oxygens (including phenoxy) is 1. The zero-order valence-corrected chi connectivity index (χ0v) is 20.2. The van der Waals surface area contributed by atoms with Crippen LogP contribution in [0.25, 0.3) is 6.08 Å². The maximum absolute atomic E-state index is 12.8. The molecule has 0 saturated carbocycles. The Morgan fingerprint density at radius 1 is 0.903 bits per heavy atom. The third kappa shape index (κ3) is 5.47. The molecule has 3 aromatic rings. The van der Waals surface area contributed by atoms with E-state index in [0.29, 0.717) is 11.5 Å². The van der Waals surface area contributed by atoms with E-state index in [1.54, 1.807) is 6.08 Å². The molecule has 0 radical (unpaired) electrons. The zero-order chi connectivity index (χ0) is 21.8. The summed E-state index contributed by atoms with van der Waals surface area (Å²) in [4.78, 5) is 26.8. The minimum atomic E-state index is -0.277. The van der Waals surface area contributed by atoms with Gasteiger partial charge in [-0.3, -0.25) is 14.5 Å². The van der Waals surface area contributed by atoms with Gasteiger partial charge < -0.3 is 4.74 Å². The van der Waals surface area contributed by atoms with Crippen LogP contribution < -0.4 is 4.74 Å². The predicted octanol–water partition coefficient (Wildman–Crippen LogP) is 7.03. The van der Waals surface area contributed by atoms with Crippen molar-refractivity contribution in [2.45, 2.75) is 13.2 Å². The summed E-state index contributed by atoms with van der Waals surface area (Å²) < 4.78 is 7.72. The molecule has 1 heterocycles. The van der Waals surface area contributed by atoms with Crippen molar-refractivity contribution in [3.8, 4) is 5.75 Å². The third-order valence-electron chi connectivity index (χ3n) is 4.66. The molecule has 0 unspecified atom stereocenters. The van der Waals surface area contributed by atoms with Crippen LogP contribution >= 0.6 is 43.6 Å². The van der Waals surface area contributed by atoms with Crippen LogP contribution in [0.1, 0.15) is 16.7 Å². The van der Waals surface area contributed by atoms with Crippen molar-refractivity contribution in [3.63, 3.8) is 0 Å². The van der Waals surface area contributed by atoms with E-state index in [-0.39, 0.29) is 17.7 Å². The molecule has 31 heavy (non-hydrogen) atoms. The van der Waals surface area contributed by atoms with Gasteiger partial charge in [-0.25, -0.2) is 0 Å². The molecule has 0 atom stereocenters. The van der Waals surface area contributed by atoms with Crippen molar-refractivity contribution in [1.29, 1.82) is 0 Å². The molecular formula is C24H17Br2NO3S. The normalized spacial score (nSPS) is 15.0. The zero-order valence-electron chi connectivity index (χ0n) is 16.3. The topological polar surface area (TPSA) is 46.6 Å². The molecule has 4 nitrogen and oxygen atoms in total. The summed E-state index contributed by atoms with van der Waals surface area (Å²) in [6.45, 7) is 0.715. The van der Waals surface area contributed by atoms with E-state index in [4.69, 9.17) is 4.74 Å². The van der Waals surface area contributed by atoms with Gasteiger partial charge in [-0.1, -0.05) is 74.3 Å². The lowest BCUT2D eigenvalue weighted by atomic mass is 10.2. The number of carbonyl (C=O) groups is 2. The van der Waals surface area contributed by atoms with Gasteiger partial charge in [-0.2, -0.15) is 0 Å². The smallest absolute Gasteiger partial charge is 0.293 e. The molecule has 0 bridgehead atoms. The lowest BCUT2D eigenvalue weighted by Crippen LogP contribution is -2.27. The first kappa shape index (κ1) is 21.9. The van der Waals surface area contributed by atoms with Crippen LogP contribution in [0, 0.1) is 0 Å². The van der Waals surface area contributed by atoms with Gasteiger partial charge in [-0.15, -0.1) is 0 Å². The van der Waals surface area contributed by atoms with Crippen molar-refractivity contribution in [2.24, 2.45) is 0 Å². The molecule has 2 amide bonds. The number of rotatable bonds is 6. The fourth-order valence-corrected chi connectivity index (χ4v) is 4.51. The standard InChI is InChI=1S/C24H17Br2NO3S/c25-19-9-5-17(6-10-19)15-30-20-11-7-16(8-12-20)13-22-23(28)27(24(29)31-22)14-18-3-1-2-4-21(18)26/h1-13H,14-15H2/b22-13-. The van der Waals surface area contributed by atoms with Gasteiger partial charge in [0.25, 0.3) is 11.1 Å². The quantitative estimate of drug-likeness (QED) is 0.305. The minimum Gasteiger partial charge on any atom is -0.489 e. The average molecular weight is 559 g/mol. The van der Waals surface area contributed by atoms with Gasteiger partial charge in [0.1, 0.15) is 12.4 Å².